The average Bonchev–Trinajstić information content (AvgIpc) is 2.10. The van der Waals surface area contributed by atoms with Crippen molar-refractivity contribution < 1.29 is 17.2 Å². The fourth-order valence-electron chi connectivity index (χ4n) is 0.822. The number of hydrogen-bond donors (Lipinski definition) is 1. The van der Waals surface area contributed by atoms with E-state index in [-0.39, 0.29) is 10.3 Å². The molecule has 4 nitrogen and oxygen atoms in total. The number of alkyl halides is 2. The molecule has 1 aromatic rings. The zero-order valence-corrected chi connectivity index (χ0v) is 9.94. The largest absolute Gasteiger partial charge is 0.355 e. The Bertz CT molecular complexity index is 464. The normalized spacial score (nSPS) is 11.8. The topological polar surface area (TPSA) is 59.1 Å². The first-order valence-electron chi connectivity index (χ1n) is 3.75. The predicted octanol–water partition coefficient (Wildman–Crippen LogP) is 2.12. The molecule has 0 aliphatic rings. The van der Waals surface area contributed by atoms with Gasteiger partial charge in [0, 0.05) is 6.20 Å². The Morgan fingerprint density at radius 1 is 1.53 bits per heavy atom. The fourth-order valence-corrected chi connectivity index (χ4v) is 1.82. The first-order valence-corrected chi connectivity index (χ1v) is 6.09. The third-order valence-electron chi connectivity index (χ3n) is 1.46. The van der Waals surface area contributed by atoms with E-state index in [0.717, 1.165) is 0 Å². The molecular weight excluding hydrogens is 294 g/mol. The minimum absolute atomic E-state index is 0.00435. The smallest absolute Gasteiger partial charge is 0.276 e. The van der Waals surface area contributed by atoms with Gasteiger partial charge in [0.05, 0.1) is 5.69 Å². The number of nitrogens with zero attached hydrogens (tertiary/aromatic N) is 1. The Morgan fingerprint density at radius 2 is 2.13 bits per heavy atom. The summed E-state index contributed by atoms with van der Waals surface area (Å²) in [5, 5.41) is 0. The Hall–Kier alpha value is -0.760. The van der Waals surface area contributed by atoms with Gasteiger partial charge in [0.15, 0.2) is 0 Å². The lowest BCUT2D eigenvalue weighted by Crippen LogP contribution is -2.21. The highest BCUT2D eigenvalue weighted by Crippen LogP contribution is 2.22. The number of pyridine rings is 1. The molecule has 1 rings (SSSR count). The summed E-state index contributed by atoms with van der Waals surface area (Å²) in [6.07, 6.45) is 1.48. The summed E-state index contributed by atoms with van der Waals surface area (Å²) < 4.78 is 47.7. The van der Waals surface area contributed by atoms with Crippen molar-refractivity contribution in [1.82, 2.24) is 4.98 Å². The third kappa shape index (κ3) is 3.10. The van der Waals surface area contributed by atoms with Crippen LogP contribution in [0.4, 0.5) is 14.5 Å². The molecule has 0 saturated carbocycles. The van der Waals surface area contributed by atoms with Crippen molar-refractivity contribution in [3.63, 3.8) is 0 Å². The van der Waals surface area contributed by atoms with E-state index >= 15 is 0 Å². The quantitative estimate of drug-likeness (QED) is 0.870. The number of anilines is 1. The summed E-state index contributed by atoms with van der Waals surface area (Å²) in [6.45, 7) is 1.67. The van der Waals surface area contributed by atoms with Gasteiger partial charge < -0.3 is 0 Å². The van der Waals surface area contributed by atoms with Crippen molar-refractivity contribution in [3.8, 4) is 0 Å². The SMILES string of the molecule is Cc1cnc(Br)c(NS(=O)(=O)C(F)F)c1. The molecule has 0 unspecified atom stereocenters. The van der Waals surface area contributed by atoms with Crippen LogP contribution in [0.25, 0.3) is 0 Å². The molecular formula is C7H7BrF2N2O2S. The first-order chi connectivity index (χ1) is 6.83. The Balaban J connectivity index is 3.05. The van der Waals surface area contributed by atoms with Gasteiger partial charge in [-0.25, -0.2) is 13.4 Å². The van der Waals surface area contributed by atoms with Crippen LogP contribution in [0.1, 0.15) is 5.56 Å². The molecule has 0 aliphatic heterocycles. The van der Waals surface area contributed by atoms with Gasteiger partial charge in [-0.15, -0.1) is 0 Å². The third-order valence-corrected chi connectivity index (χ3v) is 3.07. The molecule has 0 spiro atoms. The van der Waals surface area contributed by atoms with E-state index in [1.165, 1.54) is 12.3 Å². The number of aromatic nitrogens is 1. The molecule has 1 heterocycles. The molecule has 0 radical (unpaired) electrons. The summed E-state index contributed by atoms with van der Waals surface area (Å²) in [4.78, 5) is 3.77. The van der Waals surface area contributed by atoms with Gasteiger partial charge in [-0.1, -0.05) is 0 Å². The molecule has 0 amide bonds. The molecule has 0 aliphatic carbocycles. The number of rotatable bonds is 3. The molecule has 84 valence electrons. The van der Waals surface area contributed by atoms with Crippen LogP contribution in [0.5, 0.6) is 0 Å². The van der Waals surface area contributed by atoms with Gasteiger partial charge in [-0.2, -0.15) is 8.78 Å². The minimum atomic E-state index is -4.64. The van der Waals surface area contributed by atoms with Crippen molar-refractivity contribution in [2.45, 2.75) is 12.7 Å². The Morgan fingerprint density at radius 3 is 2.67 bits per heavy atom. The van der Waals surface area contributed by atoms with Crippen LogP contribution in [0.3, 0.4) is 0 Å². The summed E-state index contributed by atoms with van der Waals surface area (Å²) in [6, 6.07) is 1.40. The van der Waals surface area contributed by atoms with Gasteiger partial charge in [0.1, 0.15) is 4.60 Å². The summed E-state index contributed by atoms with van der Waals surface area (Å²) in [5.41, 5.74) is 0.653. The van der Waals surface area contributed by atoms with E-state index in [9.17, 15) is 17.2 Å². The number of sulfonamides is 1. The molecule has 0 aromatic carbocycles. The minimum Gasteiger partial charge on any atom is -0.276 e. The average molecular weight is 301 g/mol. The van der Waals surface area contributed by atoms with Crippen molar-refractivity contribution in [1.29, 1.82) is 0 Å². The standard InChI is InChI=1S/C7H7BrF2N2O2S/c1-4-2-5(6(8)11-3-4)12-15(13,14)7(9)10/h2-3,7,12H,1H3. The first kappa shape index (κ1) is 12.3. The molecule has 8 heteroatoms. The zero-order valence-electron chi connectivity index (χ0n) is 7.54. The maximum absolute atomic E-state index is 12.0. The van der Waals surface area contributed by atoms with Crippen molar-refractivity contribution in [2.24, 2.45) is 0 Å². The monoisotopic (exact) mass is 300 g/mol. The molecule has 0 fully saturated rings. The van der Waals surface area contributed by atoms with Crippen LogP contribution in [0, 0.1) is 6.92 Å². The Kier molecular flexibility index (Phi) is 3.61. The maximum Gasteiger partial charge on any atom is 0.355 e. The Labute approximate surface area is 93.9 Å². The molecule has 0 saturated heterocycles. The lowest BCUT2D eigenvalue weighted by molar-refractivity contribution is 0.236. The van der Waals surface area contributed by atoms with Gasteiger partial charge in [-0.05, 0) is 34.5 Å². The van der Waals surface area contributed by atoms with Gasteiger partial charge in [0.2, 0.25) is 0 Å². The van der Waals surface area contributed by atoms with E-state index in [4.69, 9.17) is 0 Å². The van der Waals surface area contributed by atoms with E-state index in [1.807, 2.05) is 0 Å². The predicted molar refractivity (Wildman–Crippen MR) is 55.2 cm³/mol. The molecule has 0 atom stereocenters. The lowest BCUT2D eigenvalue weighted by atomic mass is 10.3. The van der Waals surface area contributed by atoms with Crippen molar-refractivity contribution in [3.05, 3.63) is 22.4 Å². The van der Waals surface area contributed by atoms with Crippen LogP contribution in [-0.4, -0.2) is 19.2 Å². The second-order valence-corrected chi connectivity index (χ2v) is 5.16. The fraction of sp³-hybridized carbons (Fsp3) is 0.286. The maximum atomic E-state index is 12.0. The second-order valence-electron chi connectivity index (χ2n) is 2.76. The van der Waals surface area contributed by atoms with E-state index in [0.29, 0.717) is 5.56 Å². The molecule has 1 aromatic heterocycles. The second kappa shape index (κ2) is 4.40. The highest BCUT2D eigenvalue weighted by molar-refractivity contribution is 9.10. The van der Waals surface area contributed by atoms with Crippen LogP contribution < -0.4 is 4.72 Å². The molecule has 15 heavy (non-hydrogen) atoms. The van der Waals surface area contributed by atoms with Gasteiger partial charge in [-0.3, -0.25) is 4.72 Å². The number of hydrogen-bond acceptors (Lipinski definition) is 3. The lowest BCUT2D eigenvalue weighted by Gasteiger charge is -2.08. The summed E-state index contributed by atoms with van der Waals surface area (Å²) in [7, 11) is -4.64. The van der Waals surface area contributed by atoms with E-state index < -0.39 is 15.8 Å². The number of halogens is 3. The molecule has 0 bridgehead atoms. The van der Waals surface area contributed by atoms with Gasteiger partial charge >= 0.3 is 5.76 Å². The highest BCUT2D eigenvalue weighted by atomic mass is 79.9. The number of aryl methyl sites for hydroxylation is 1. The summed E-state index contributed by atoms with van der Waals surface area (Å²) >= 11 is 2.95. The van der Waals surface area contributed by atoms with Crippen LogP contribution in [-0.2, 0) is 10.0 Å². The van der Waals surface area contributed by atoms with Gasteiger partial charge in [0.25, 0.3) is 10.0 Å². The molecule has 1 N–H and O–H groups in total. The van der Waals surface area contributed by atoms with Crippen LogP contribution in [0.2, 0.25) is 0 Å². The highest BCUT2D eigenvalue weighted by Gasteiger charge is 2.24. The van der Waals surface area contributed by atoms with E-state index in [2.05, 4.69) is 20.9 Å². The van der Waals surface area contributed by atoms with Crippen molar-refractivity contribution in [2.75, 3.05) is 4.72 Å². The number of nitrogens with one attached hydrogen (secondary N) is 1. The van der Waals surface area contributed by atoms with Crippen LogP contribution in [0.15, 0.2) is 16.9 Å². The summed E-state index contributed by atoms with van der Waals surface area (Å²) in [5.74, 6) is -3.47. The zero-order chi connectivity index (χ0) is 11.6. The van der Waals surface area contributed by atoms with Crippen LogP contribution >= 0.6 is 15.9 Å². The van der Waals surface area contributed by atoms with Crippen molar-refractivity contribution >= 4 is 31.6 Å². The van der Waals surface area contributed by atoms with E-state index in [1.54, 1.807) is 11.6 Å².